The second-order valence-electron chi connectivity index (χ2n) is 6.56. The highest BCUT2D eigenvalue weighted by molar-refractivity contribution is 5.91. The molecule has 2 aliphatic rings. The van der Waals surface area contributed by atoms with E-state index in [1.807, 2.05) is 42.5 Å². The molecule has 2 aromatic carbocycles. The fourth-order valence-corrected chi connectivity index (χ4v) is 3.49. The van der Waals surface area contributed by atoms with Crippen LogP contribution in [0.5, 0.6) is 5.75 Å². The van der Waals surface area contributed by atoms with Crippen LogP contribution in [0.2, 0.25) is 0 Å². The number of carbonyl (C=O) groups excluding carboxylic acids is 1. The molecule has 0 spiro atoms. The molecule has 0 saturated heterocycles. The van der Waals surface area contributed by atoms with Crippen LogP contribution in [0.1, 0.15) is 34.8 Å². The fourth-order valence-electron chi connectivity index (χ4n) is 3.49. The molecule has 0 aliphatic carbocycles. The SMILES string of the molecule is O=C(/C=C/c1ccc2c(c1)CCO2)N1CCC(O)c2ccccc2C1. The van der Waals surface area contributed by atoms with Crippen molar-refractivity contribution in [2.75, 3.05) is 13.2 Å². The lowest BCUT2D eigenvalue weighted by Crippen LogP contribution is -2.29. The summed E-state index contributed by atoms with van der Waals surface area (Å²) in [7, 11) is 0. The van der Waals surface area contributed by atoms with E-state index >= 15 is 0 Å². The molecule has 0 fully saturated rings. The number of hydrogen-bond donors (Lipinski definition) is 1. The first-order valence-corrected chi connectivity index (χ1v) is 8.69. The molecule has 0 aromatic heterocycles. The Labute approximate surface area is 147 Å². The molecule has 0 radical (unpaired) electrons. The van der Waals surface area contributed by atoms with Crippen LogP contribution in [0, 0.1) is 0 Å². The molecule has 2 aromatic rings. The molecule has 1 amide bonds. The molecule has 4 rings (SSSR count). The summed E-state index contributed by atoms with van der Waals surface area (Å²) in [6.07, 6.45) is 4.46. The number of nitrogens with zero attached hydrogens (tertiary/aromatic N) is 1. The van der Waals surface area contributed by atoms with Crippen LogP contribution in [-0.2, 0) is 17.8 Å². The summed E-state index contributed by atoms with van der Waals surface area (Å²) < 4.78 is 5.51. The van der Waals surface area contributed by atoms with Gasteiger partial charge in [-0.2, -0.15) is 0 Å². The lowest BCUT2D eigenvalue weighted by atomic mass is 10.0. The number of ether oxygens (including phenoxy) is 1. The molecule has 1 N–H and O–H groups in total. The van der Waals surface area contributed by atoms with Gasteiger partial charge in [0.2, 0.25) is 5.91 Å². The number of aliphatic hydroxyl groups is 1. The van der Waals surface area contributed by atoms with Crippen molar-refractivity contribution in [2.45, 2.75) is 25.5 Å². The van der Waals surface area contributed by atoms with E-state index in [-0.39, 0.29) is 5.91 Å². The molecular weight excluding hydrogens is 314 g/mol. The molecule has 0 bridgehead atoms. The van der Waals surface area contributed by atoms with Gasteiger partial charge >= 0.3 is 0 Å². The summed E-state index contributed by atoms with van der Waals surface area (Å²) in [5.41, 5.74) is 4.15. The molecule has 2 heterocycles. The summed E-state index contributed by atoms with van der Waals surface area (Å²) in [6.45, 7) is 1.82. The van der Waals surface area contributed by atoms with Crippen molar-refractivity contribution >= 4 is 12.0 Å². The Morgan fingerprint density at radius 2 is 2.08 bits per heavy atom. The Morgan fingerprint density at radius 3 is 3.00 bits per heavy atom. The first-order chi connectivity index (χ1) is 12.2. The van der Waals surface area contributed by atoms with E-state index in [1.54, 1.807) is 11.0 Å². The van der Waals surface area contributed by atoms with Gasteiger partial charge in [0, 0.05) is 25.6 Å². The highest BCUT2D eigenvalue weighted by Crippen LogP contribution is 2.27. The first kappa shape index (κ1) is 15.9. The minimum absolute atomic E-state index is 0.0272. The summed E-state index contributed by atoms with van der Waals surface area (Å²) in [6, 6.07) is 13.8. The normalized spacial score (nSPS) is 19.2. The van der Waals surface area contributed by atoms with E-state index in [4.69, 9.17) is 4.74 Å². The fraction of sp³-hybridized carbons (Fsp3) is 0.286. The second kappa shape index (κ2) is 6.73. The zero-order valence-electron chi connectivity index (χ0n) is 14.0. The van der Waals surface area contributed by atoms with E-state index < -0.39 is 6.10 Å². The third kappa shape index (κ3) is 3.30. The van der Waals surface area contributed by atoms with Crippen molar-refractivity contribution in [3.05, 3.63) is 70.8 Å². The maximum atomic E-state index is 12.6. The summed E-state index contributed by atoms with van der Waals surface area (Å²) in [5.74, 6) is 0.919. The van der Waals surface area contributed by atoms with Gasteiger partial charge in [-0.1, -0.05) is 30.3 Å². The molecule has 128 valence electrons. The standard InChI is InChI=1S/C21H21NO3/c23-19-9-11-22(14-17-3-1-2-4-18(17)19)21(24)8-6-15-5-7-20-16(13-15)10-12-25-20/h1-8,13,19,23H,9-12,14H2/b8-6+. The quantitative estimate of drug-likeness (QED) is 0.858. The Kier molecular flexibility index (Phi) is 4.28. The number of fused-ring (bicyclic) bond motifs is 2. The minimum Gasteiger partial charge on any atom is -0.493 e. The second-order valence-corrected chi connectivity index (χ2v) is 6.56. The van der Waals surface area contributed by atoms with Gasteiger partial charge in [-0.25, -0.2) is 0 Å². The van der Waals surface area contributed by atoms with Gasteiger partial charge in [-0.05, 0) is 46.9 Å². The Bertz CT molecular complexity index is 828. The summed E-state index contributed by atoms with van der Waals surface area (Å²) in [4.78, 5) is 14.4. The molecule has 4 heteroatoms. The van der Waals surface area contributed by atoms with Crippen LogP contribution in [0.25, 0.3) is 6.08 Å². The minimum atomic E-state index is -0.505. The Hall–Kier alpha value is -2.59. The lowest BCUT2D eigenvalue weighted by Gasteiger charge is -2.19. The molecule has 1 atom stereocenters. The monoisotopic (exact) mass is 335 g/mol. The average molecular weight is 335 g/mol. The van der Waals surface area contributed by atoms with Gasteiger partial charge in [0.1, 0.15) is 5.75 Å². The van der Waals surface area contributed by atoms with Crippen LogP contribution in [0.15, 0.2) is 48.5 Å². The molecule has 4 nitrogen and oxygen atoms in total. The van der Waals surface area contributed by atoms with Gasteiger partial charge in [0.25, 0.3) is 0 Å². The van der Waals surface area contributed by atoms with Gasteiger partial charge in [0.15, 0.2) is 0 Å². The predicted octanol–water partition coefficient (Wildman–Crippen LogP) is 3.10. The van der Waals surface area contributed by atoms with Gasteiger partial charge in [-0.3, -0.25) is 4.79 Å². The number of hydrogen-bond acceptors (Lipinski definition) is 3. The maximum Gasteiger partial charge on any atom is 0.246 e. The number of aliphatic hydroxyl groups excluding tert-OH is 1. The van der Waals surface area contributed by atoms with Gasteiger partial charge in [-0.15, -0.1) is 0 Å². The largest absolute Gasteiger partial charge is 0.493 e. The number of carbonyl (C=O) groups is 1. The summed E-state index contributed by atoms with van der Waals surface area (Å²) in [5, 5.41) is 10.3. The molecule has 1 unspecified atom stereocenters. The molecular formula is C21H21NO3. The van der Waals surface area contributed by atoms with Crippen molar-refractivity contribution in [1.82, 2.24) is 4.90 Å². The molecule has 25 heavy (non-hydrogen) atoms. The smallest absolute Gasteiger partial charge is 0.246 e. The van der Waals surface area contributed by atoms with Crippen LogP contribution >= 0.6 is 0 Å². The molecule has 0 saturated carbocycles. The van der Waals surface area contributed by atoms with Crippen molar-refractivity contribution < 1.29 is 14.6 Å². The Balaban J connectivity index is 1.49. The highest BCUT2D eigenvalue weighted by atomic mass is 16.5. The number of amides is 1. The van der Waals surface area contributed by atoms with E-state index in [0.29, 0.717) is 19.5 Å². The maximum absolute atomic E-state index is 12.6. The zero-order chi connectivity index (χ0) is 17.2. The van der Waals surface area contributed by atoms with Gasteiger partial charge < -0.3 is 14.7 Å². The van der Waals surface area contributed by atoms with Crippen LogP contribution < -0.4 is 4.74 Å². The Morgan fingerprint density at radius 1 is 1.20 bits per heavy atom. The highest BCUT2D eigenvalue weighted by Gasteiger charge is 2.22. The lowest BCUT2D eigenvalue weighted by molar-refractivity contribution is -0.126. The third-order valence-corrected chi connectivity index (χ3v) is 4.89. The first-order valence-electron chi connectivity index (χ1n) is 8.69. The van der Waals surface area contributed by atoms with E-state index in [2.05, 4.69) is 6.07 Å². The van der Waals surface area contributed by atoms with Crippen LogP contribution in [-0.4, -0.2) is 29.1 Å². The summed E-state index contributed by atoms with van der Waals surface area (Å²) >= 11 is 0. The topological polar surface area (TPSA) is 49.8 Å². The van der Waals surface area contributed by atoms with Crippen molar-refractivity contribution in [2.24, 2.45) is 0 Å². The van der Waals surface area contributed by atoms with E-state index in [0.717, 1.165) is 35.5 Å². The van der Waals surface area contributed by atoms with E-state index in [9.17, 15) is 9.90 Å². The van der Waals surface area contributed by atoms with Crippen molar-refractivity contribution in [1.29, 1.82) is 0 Å². The number of benzene rings is 2. The third-order valence-electron chi connectivity index (χ3n) is 4.89. The van der Waals surface area contributed by atoms with Crippen molar-refractivity contribution in [3.63, 3.8) is 0 Å². The van der Waals surface area contributed by atoms with Crippen molar-refractivity contribution in [3.8, 4) is 5.75 Å². The molecule has 2 aliphatic heterocycles. The van der Waals surface area contributed by atoms with Gasteiger partial charge in [0.05, 0.1) is 12.7 Å². The number of rotatable bonds is 2. The zero-order valence-corrected chi connectivity index (χ0v) is 14.0. The van der Waals surface area contributed by atoms with Crippen LogP contribution in [0.4, 0.5) is 0 Å². The van der Waals surface area contributed by atoms with Crippen LogP contribution in [0.3, 0.4) is 0 Å². The average Bonchev–Trinajstić information content (AvgIpc) is 3.04. The predicted molar refractivity (Wildman–Crippen MR) is 96.1 cm³/mol. The van der Waals surface area contributed by atoms with E-state index in [1.165, 1.54) is 5.56 Å².